The van der Waals surface area contributed by atoms with Crippen molar-refractivity contribution in [3.8, 4) is 17.2 Å². The first-order chi connectivity index (χ1) is 16.0. The number of halogens is 1. The van der Waals surface area contributed by atoms with Crippen LogP contribution in [0.3, 0.4) is 0 Å². The van der Waals surface area contributed by atoms with Gasteiger partial charge >= 0.3 is 5.97 Å². The quantitative estimate of drug-likeness (QED) is 0.267. The average Bonchev–Trinajstić information content (AvgIpc) is 3.44. The van der Waals surface area contributed by atoms with Crippen LogP contribution in [0.15, 0.2) is 81.9 Å². The molecule has 0 aliphatic rings. The molecule has 1 unspecified atom stereocenters. The van der Waals surface area contributed by atoms with Crippen molar-refractivity contribution in [2.45, 2.75) is 25.8 Å². The Labute approximate surface area is 201 Å². The number of aromatic nitrogens is 2. The minimum atomic E-state index is -0.429. The summed E-state index contributed by atoms with van der Waals surface area (Å²) in [6.07, 6.45) is 4.90. The summed E-state index contributed by atoms with van der Waals surface area (Å²) in [6, 6.07) is 19.1. The van der Waals surface area contributed by atoms with E-state index in [1.165, 1.54) is 7.11 Å². The molecule has 4 rings (SSSR count). The van der Waals surface area contributed by atoms with Crippen LogP contribution in [0.4, 0.5) is 0 Å². The Balaban J connectivity index is 1.34. The number of methoxy groups -OCH3 is 1. The number of esters is 1. The molecule has 0 amide bonds. The van der Waals surface area contributed by atoms with Crippen molar-refractivity contribution in [2.75, 3.05) is 13.7 Å². The predicted molar refractivity (Wildman–Crippen MR) is 129 cm³/mol. The van der Waals surface area contributed by atoms with Crippen molar-refractivity contribution in [3.05, 3.63) is 94.5 Å². The van der Waals surface area contributed by atoms with E-state index in [4.69, 9.17) is 13.9 Å². The molecule has 2 aromatic heterocycles. The van der Waals surface area contributed by atoms with E-state index in [-0.39, 0.29) is 5.97 Å². The number of carbonyl (C=O) groups is 1. The van der Waals surface area contributed by atoms with Crippen LogP contribution >= 0.6 is 15.9 Å². The van der Waals surface area contributed by atoms with Gasteiger partial charge in [0.25, 0.3) is 0 Å². The number of carbonyl (C=O) groups excluding carboxylic acids is 1. The van der Waals surface area contributed by atoms with E-state index < -0.39 is 6.04 Å². The average molecular weight is 509 g/mol. The Kier molecular flexibility index (Phi) is 7.29. The zero-order valence-corrected chi connectivity index (χ0v) is 20.1. The maximum atomic E-state index is 12.3. The third-order valence-electron chi connectivity index (χ3n) is 5.38. The molecule has 0 spiro atoms. The highest BCUT2D eigenvalue weighted by Gasteiger charge is 2.21. The van der Waals surface area contributed by atoms with Crippen LogP contribution in [0.1, 0.15) is 23.1 Å². The number of nitrogens with zero attached hydrogens (tertiary/aromatic N) is 2. The summed E-state index contributed by atoms with van der Waals surface area (Å²) in [5, 5.41) is 0. The standard InChI is InChI=1S/C26H25BrN2O4/c1-18-23(28-25(33-18)20-6-4-3-5-7-20)13-15-32-22-10-8-19(9-11-22)16-24(26(30)31-2)29-14-12-21(27)17-29/h3-12,14,17,24H,13,15-16H2,1-2H3. The van der Waals surface area contributed by atoms with Crippen LogP contribution in [0.25, 0.3) is 11.5 Å². The molecule has 0 aliphatic heterocycles. The number of oxazole rings is 1. The second-order valence-corrected chi connectivity index (χ2v) is 8.57. The largest absolute Gasteiger partial charge is 0.493 e. The normalized spacial score (nSPS) is 11.8. The van der Waals surface area contributed by atoms with Crippen LogP contribution in [0, 0.1) is 6.92 Å². The lowest BCUT2D eigenvalue weighted by atomic mass is 10.1. The second-order valence-electron chi connectivity index (χ2n) is 7.65. The van der Waals surface area contributed by atoms with Gasteiger partial charge in [0.15, 0.2) is 0 Å². The van der Waals surface area contributed by atoms with Crippen LogP contribution in [-0.2, 0) is 22.4 Å². The zero-order valence-electron chi connectivity index (χ0n) is 18.5. The van der Waals surface area contributed by atoms with Gasteiger partial charge in [-0.1, -0.05) is 30.3 Å². The highest BCUT2D eigenvalue weighted by molar-refractivity contribution is 9.10. The Bertz CT molecular complexity index is 1200. The number of rotatable bonds is 9. The lowest BCUT2D eigenvalue weighted by Gasteiger charge is -2.17. The van der Waals surface area contributed by atoms with Gasteiger partial charge in [0.2, 0.25) is 5.89 Å². The van der Waals surface area contributed by atoms with E-state index in [0.717, 1.165) is 32.8 Å². The number of ether oxygens (including phenoxy) is 2. The minimum absolute atomic E-state index is 0.281. The maximum Gasteiger partial charge on any atom is 0.329 e. The minimum Gasteiger partial charge on any atom is -0.493 e. The first kappa shape index (κ1) is 22.9. The van der Waals surface area contributed by atoms with Crippen LogP contribution < -0.4 is 4.74 Å². The molecule has 0 saturated heterocycles. The first-order valence-electron chi connectivity index (χ1n) is 10.7. The van der Waals surface area contributed by atoms with E-state index >= 15 is 0 Å². The van der Waals surface area contributed by atoms with Crippen LogP contribution in [0.5, 0.6) is 5.75 Å². The molecule has 170 valence electrons. The van der Waals surface area contributed by atoms with E-state index in [0.29, 0.717) is 25.3 Å². The van der Waals surface area contributed by atoms with E-state index in [1.807, 2.05) is 84.5 Å². The molecule has 0 saturated carbocycles. The van der Waals surface area contributed by atoms with Gasteiger partial charge in [-0.3, -0.25) is 0 Å². The Hall–Kier alpha value is -3.32. The third kappa shape index (κ3) is 5.73. The summed E-state index contributed by atoms with van der Waals surface area (Å²) in [6.45, 7) is 2.41. The molecule has 33 heavy (non-hydrogen) atoms. The molecule has 0 aliphatic carbocycles. The maximum absolute atomic E-state index is 12.3. The topological polar surface area (TPSA) is 66.5 Å². The summed E-state index contributed by atoms with van der Waals surface area (Å²) in [4.78, 5) is 16.9. The van der Waals surface area contributed by atoms with Crippen molar-refractivity contribution in [1.82, 2.24) is 9.55 Å². The molecule has 4 aromatic rings. The lowest BCUT2D eigenvalue weighted by molar-refractivity contribution is -0.144. The van der Waals surface area contributed by atoms with Gasteiger partial charge in [-0.25, -0.2) is 9.78 Å². The van der Waals surface area contributed by atoms with Gasteiger partial charge < -0.3 is 18.5 Å². The lowest BCUT2D eigenvalue weighted by Crippen LogP contribution is -2.22. The molecular formula is C26H25BrN2O4. The van der Waals surface area contributed by atoms with E-state index in [2.05, 4.69) is 20.9 Å². The summed E-state index contributed by atoms with van der Waals surface area (Å²) < 4.78 is 19.5. The summed E-state index contributed by atoms with van der Waals surface area (Å²) in [5.74, 6) is 1.92. The second kappa shape index (κ2) is 10.5. The molecule has 1 atom stereocenters. The zero-order chi connectivity index (χ0) is 23.2. The molecule has 6 nitrogen and oxygen atoms in total. The molecule has 0 bridgehead atoms. The number of hydrogen-bond acceptors (Lipinski definition) is 5. The number of aryl methyl sites for hydroxylation is 1. The van der Waals surface area contributed by atoms with Gasteiger partial charge in [-0.15, -0.1) is 0 Å². The fourth-order valence-corrected chi connectivity index (χ4v) is 3.96. The Morgan fingerprint density at radius 2 is 1.88 bits per heavy atom. The highest BCUT2D eigenvalue weighted by Crippen LogP contribution is 2.23. The highest BCUT2D eigenvalue weighted by atomic mass is 79.9. The van der Waals surface area contributed by atoms with Crippen molar-refractivity contribution in [2.24, 2.45) is 0 Å². The van der Waals surface area contributed by atoms with Gasteiger partial charge in [-0.2, -0.15) is 0 Å². The van der Waals surface area contributed by atoms with Crippen molar-refractivity contribution >= 4 is 21.9 Å². The molecule has 0 radical (unpaired) electrons. The molecule has 7 heteroatoms. The van der Waals surface area contributed by atoms with E-state index in [1.54, 1.807) is 0 Å². The SMILES string of the molecule is COC(=O)C(Cc1ccc(OCCc2nc(-c3ccccc3)oc2C)cc1)n1ccc(Br)c1. The Morgan fingerprint density at radius 1 is 1.12 bits per heavy atom. The third-order valence-corrected chi connectivity index (χ3v) is 5.85. The van der Waals surface area contributed by atoms with Crippen molar-refractivity contribution in [3.63, 3.8) is 0 Å². The molecule has 2 heterocycles. The van der Waals surface area contributed by atoms with E-state index in [9.17, 15) is 4.79 Å². The summed E-state index contributed by atoms with van der Waals surface area (Å²) in [5.41, 5.74) is 2.87. The monoisotopic (exact) mass is 508 g/mol. The predicted octanol–water partition coefficient (Wildman–Crippen LogP) is 5.79. The first-order valence-corrected chi connectivity index (χ1v) is 11.5. The smallest absolute Gasteiger partial charge is 0.329 e. The van der Waals surface area contributed by atoms with Gasteiger partial charge in [0.05, 0.1) is 19.4 Å². The molecule has 0 fully saturated rings. The summed E-state index contributed by atoms with van der Waals surface area (Å²) >= 11 is 3.43. The number of hydrogen-bond donors (Lipinski definition) is 0. The molecule has 2 aromatic carbocycles. The fraction of sp³-hybridized carbons (Fsp3) is 0.231. The van der Waals surface area contributed by atoms with Crippen molar-refractivity contribution < 1.29 is 18.7 Å². The van der Waals surface area contributed by atoms with Gasteiger partial charge in [-0.05, 0) is 58.7 Å². The van der Waals surface area contributed by atoms with Gasteiger partial charge in [0, 0.05) is 35.3 Å². The van der Waals surface area contributed by atoms with Crippen LogP contribution in [-0.4, -0.2) is 29.2 Å². The fourth-order valence-electron chi connectivity index (χ4n) is 3.60. The summed E-state index contributed by atoms with van der Waals surface area (Å²) in [7, 11) is 1.41. The van der Waals surface area contributed by atoms with Crippen LogP contribution in [0.2, 0.25) is 0 Å². The van der Waals surface area contributed by atoms with Gasteiger partial charge in [0.1, 0.15) is 17.6 Å². The Morgan fingerprint density at radius 3 is 2.55 bits per heavy atom. The number of benzene rings is 2. The van der Waals surface area contributed by atoms with Crippen molar-refractivity contribution in [1.29, 1.82) is 0 Å². The molecule has 0 N–H and O–H groups in total. The molecular weight excluding hydrogens is 484 g/mol.